The summed E-state index contributed by atoms with van der Waals surface area (Å²) in [6.45, 7) is 4.15. The van der Waals surface area contributed by atoms with E-state index < -0.39 is 11.6 Å². The molecule has 1 atom stereocenters. The maximum absolute atomic E-state index is 12.0. The minimum absolute atomic E-state index is 0.363. The van der Waals surface area contributed by atoms with Gasteiger partial charge in [0.1, 0.15) is 17.9 Å². The highest BCUT2D eigenvalue weighted by Crippen LogP contribution is 2.27. The van der Waals surface area contributed by atoms with Gasteiger partial charge in [-0.3, -0.25) is 10.1 Å². The average Bonchev–Trinajstić information content (AvgIpc) is 2.81. The molecular weight excluding hydrogens is 292 g/mol. The minimum Gasteiger partial charge on any atom is -0.489 e. The van der Waals surface area contributed by atoms with Crippen molar-refractivity contribution < 1.29 is 14.3 Å². The summed E-state index contributed by atoms with van der Waals surface area (Å²) < 4.78 is 5.79. The van der Waals surface area contributed by atoms with Crippen LogP contribution in [-0.2, 0) is 16.9 Å². The van der Waals surface area contributed by atoms with E-state index in [4.69, 9.17) is 4.74 Å². The first kappa shape index (κ1) is 15.1. The van der Waals surface area contributed by atoms with Gasteiger partial charge in [-0.2, -0.15) is 0 Å². The monoisotopic (exact) mass is 310 g/mol. The lowest BCUT2D eigenvalue weighted by Gasteiger charge is -2.21. The molecule has 2 aromatic rings. The number of benzene rings is 2. The summed E-state index contributed by atoms with van der Waals surface area (Å²) in [4.78, 5) is 23.4. The molecule has 1 aliphatic rings. The summed E-state index contributed by atoms with van der Waals surface area (Å²) in [6, 6.07) is 14.8. The van der Waals surface area contributed by atoms with Crippen LogP contribution in [0.4, 0.5) is 4.79 Å². The van der Waals surface area contributed by atoms with E-state index in [1.165, 1.54) is 5.56 Å². The molecule has 0 saturated carbocycles. The molecule has 0 radical (unpaired) electrons. The van der Waals surface area contributed by atoms with Gasteiger partial charge >= 0.3 is 6.03 Å². The third-order valence-electron chi connectivity index (χ3n) is 3.98. The molecule has 2 aromatic carbocycles. The van der Waals surface area contributed by atoms with Crippen LogP contribution in [0, 0.1) is 6.92 Å². The van der Waals surface area contributed by atoms with Crippen molar-refractivity contribution in [3.63, 3.8) is 0 Å². The second-order valence-corrected chi connectivity index (χ2v) is 5.84. The molecule has 2 N–H and O–H groups in total. The van der Waals surface area contributed by atoms with Crippen LogP contribution in [-0.4, -0.2) is 11.9 Å². The van der Waals surface area contributed by atoms with E-state index in [2.05, 4.69) is 10.6 Å². The summed E-state index contributed by atoms with van der Waals surface area (Å²) in [6.07, 6.45) is 0. The number of carbonyl (C=O) groups excluding carboxylic acids is 2. The van der Waals surface area contributed by atoms with Crippen LogP contribution in [0.2, 0.25) is 0 Å². The van der Waals surface area contributed by atoms with E-state index in [1.807, 2.05) is 43.3 Å². The van der Waals surface area contributed by atoms with Crippen LogP contribution in [0.25, 0.3) is 0 Å². The van der Waals surface area contributed by atoms with Crippen molar-refractivity contribution in [1.82, 2.24) is 10.6 Å². The number of urea groups is 1. The molecular formula is C18H18N2O3. The molecule has 5 heteroatoms. The summed E-state index contributed by atoms with van der Waals surface area (Å²) in [7, 11) is 0. The van der Waals surface area contributed by atoms with Gasteiger partial charge in [-0.05, 0) is 37.1 Å². The van der Waals surface area contributed by atoms with Gasteiger partial charge in [-0.15, -0.1) is 0 Å². The number of imide groups is 1. The van der Waals surface area contributed by atoms with Crippen LogP contribution in [0.3, 0.4) is 0 Å². The lowest BCUT2D eigenvalue weighted by molar-refractivity contribution is -0.123. The molecule has 0 aromatic heterocycles. The molecule has 1 heterocycles. The number of rotatable bonds is 4. The molecule has 1 aliphatic heterocycles. The highest BCUT2D eigenvalue weighted by molar-refractivity contribution is 6.07. The van der Waals surface area contributed by atoms with Crippen LogP contribution in [0.5, 0.6) is 5.75 Å². The number of carbonyl (C=O) groups is 2. The van der Waals surface area contributed by atoms with E-state index in [0.29, 0.717) is 17.9 Å². The second kappa shape index (κ2) is 5.76. The van der Waals surface area contributed by atoms with Crippen molar-refractivity contribution in [2.45, 2.75) is 26.0 Å². The number of ether oxygens (including phenoxy) is 1. The predicted octanol–water partition coefficient (Wildman–Crippen LogP) is 2.63. The molecule has 1 saturated heterocycles. The van der Waals surface area contributed by atoms with E-state index in [9.17, 15) is 9.59 Å². The van der Waals surface area contributed by atoms with Crippen molar-refractivity contribution >= 4 is 11.9 Å². The van der Waals surface area contributed by atoms with Gasteiger partial charge in [0.05, 0.1) is 0 Å². The van der Waals surface area contributed by atoms with Crippen LogP contribution in [0.1, 0.15) is 23.6 Å². The molecule has 118 valence electrons. The summed E-state index contributed by atoms with van der Waals surface area (Å²) in [5.74, 6) is 0.288. The molecule has 3 amide bonds. The molecule has 0 aliphatic carbocycles. The fraction of sp³-hybridized carbons (Fsp3) is 0.222. The Hall–Kier alpha value is -2.82. The number of hydrogen-bond acceptors (Lipinski definition) is 3. The fourth-order valence-electron chi connectivity index (χ4n) is 2.49. The third-order valence-corrected chi connectivity index (χ3v) is 3.98. The number of hydrogen-bond donors (Lipinski definition) is 2. The lowest BCUT2D eigenvalue weighted by atomic mass is 9.92. The standard InChI is InChI=1S/C18H18N2O3/c1-12-6-8-13(9-7-12)11-23-15-5-3-4-14(10-15)18(2)16(21)19-17(22)20-18/h3-10H,11H2,1-2H3,(H2,19,20,21,22). The first-order valence-corrected chi connectivity index (χ1v) is 7.40. The van der Waals surface area contributed by atoms with Gasteiger partial charge in [-0.25, -0.2) is 4.79 Å². The van der Waals surface area contributed by atoms with Gasteiger partial charge in [0.25, 0.3) is 5.91 Å². The molecule has 5 nitrogen and oxygen atoms in total. The van der Waals surface area contributed by atoms with Crippen LogP contribution in [0.15, 0.2) is 48.5 Å². The maximum Gasteiger partial charge on any atom is 0.322 e. The number of nitrogens with one attached hydrogen (secondary N) is 2. The second-order valence-electron chi connectivity index (χ2n) is 5.84. The lowest BCUT2D eigenvalue weighted by Crippen LogP contribution is -2.40. The number of aryl methyl sites for hydroxylation is 1. The minimum atomic E-state index is -1.07. The fourth-order valence-corrected chi connectivity index (χ4v) is 2.49. The summed E-state index contributed by atoms with van der Waals surface area (Å²) in [5.41, 5.74) is 1.88. The van der Waals surface area contributed by atoms with Gasteiger partial charge in [0, 0.05) is 0 Å². The van der Waals surface area contributed by atoms with E-state index >= 15 is 0 Å². The van der Waals surface area contributed by atoms with Crippen molar-refractivity contribution in [1.29, 1.82) is 0 Å². The smallest absolute Gasteiger partial charge is 0.322 e. The largest absolute Gasteiger partial charge is 0.489 e. The Labute approximate surface area is 134 Å². The first-order chi connectivity index (χ1) is 11.0. The molecule has 0 bridgehead atoms. The molecule has 1 unspecified atom stereocenters. The summed E-state index contributed by atoms with van der Waals surface area (Å²) in [5, 5.41) is 4.91. The normalized spacial score (nSPS) is 20.1. The zero-order chi connectivity index (χ0) is 16.4. The van der Waals surface area contributed by atoms with Crippen molar-refractivity contribution in [2.75, 3.05) is 0 Å². The van der Waals surface area contributed by atoms with Crippen molar-refractivity contribution in [2.24, 2.45) is 0 Å². The maximum atomic E-state index is 12.0. The SMILES string of the molecule is Cc1ccc(COc2cccc(C3(C)NC(=O)NC3=O)c2)cc1. The van der Waals surface area contributed by atoms with Crippen LogP contribution >= 0.6 is 0 Å². The van der Waals surface area contributed by atoms with Crippen LogP contribution < -0.4 is 15.4 Å². The Kier molecular flexibility index (Phi) is 3.78. The Morgan fingerprint density at radius 2 is 1.83 bits per heavy atom. The van der Waals surface area contributed by atoms with E-state index in [1.54, 1.807) is 19.1 Å². The Balaban J connectivity index is 1.76. The van der Waals surface area contributed by atoms with Gasteiger partial charge in [0.2, 0.25) is 0 Å². The molecule has 0 spiro atoms. The van der Waals surface area contributed by atoms with Gasteiger partial charge in [0.15, 0.2) is 0 Å². The Morgan fingerprint density at radius 3 is 2.48 bits per heavy atom. The molecule has 3 rings (SSSR count). The zero-order valence-electron chi connectivity index (χ0n) is 13.1. The first-order valence-electron chi connectivity index (χ1n) is 7.40. The quantitative estimate of drug-likeness (QED) is 0.853. The molecule has 1 fully saturated rings. The van der Waals surface area contributed by atoms with Gasteiger partial charge < -0.3 is 10.1 Å². The zero-order valence-corrected chi connectivity index (χ0v) is 13.1. The Bertz CT molecular complexity index is 755. The number of amides is 3. The topological polar surface area (TPSA) is 67.4 Å². The average molecular weight is 310 g/mol. The van der Waals surface area contributed by atoms with E-state index in [-0.39, 0.29) is 5.91 Å². The van der Waals surface area contributed by atoms with Gasteiger partial charge in [-0.1, -0.05) is 42.0 Å². The van der Waals surface area contributed by atoms with E-state index in [0.717, 1.165) is 5.56 Å². The van der Waals surface area contributed by atoms with Crippen molar-refractivity contribution in [3.8, 4) is 5.75 Å². The highest BCUT2D eigenvalue weighted by atomic mass is 16.5. The summed E-state index contributed by atoms with van der Waals surface area (Å²) >= 11 is 0. The third kappa shape index (κ3) is 3.04. The van der Waals surface area contributed by atoms with Crippen molar-refractivity contribution in [3.05, 3.63) is 65.2 Å². The molecule has 23 heavy (non-hydrogen) atoms. The highest BCUT2D eigenvalue weighted by Gasteiger charge is 2.43. The predicted molar refractivity (Wildman–Crippen MR) is 86.0 cm³/mol. The Morgan fingerprint density at radius 1 is 1.09 bits per heavy atom.